The molecule has 0 fully saturated rings. The summed E-state index contributed by atoms with van der Waals surface area (Å²) >= 11 is 8.41. The maximum Gasteiger partial charge on any atom is 0.219 e. The van der Waals surface area contributed by atoms with Crippen molar-refractivity contribution in [3.8, 4) is 23.3 Å². The van der Waals surface area contributed by atoms with Crippen molar-refractivity contribution in [2.45, 2.75) is 29.5 Å². The van der Waals surface area contributed by atoms with E-state index in [-0.39, 0.29) is 28.7 Å². The normalized spacial score (nSPS) is 16.7. The van der Waals surface area contributed by atoms with Crippen molar-refractivity contribution in [3.63, 3.8) is 0 Å². The molecule has 1 aromatic heterocycles. The van der Waals surface area contributed by atoms with Gasteiger partial charge < -0.3 is 19.9 Å². The van der Waals surface area contributed by atoms with Crippen LogP contribution in [0.15, 0.2) is 63.4 Å². The zero-order valence-electron chi connectivity index (χ0n) is 23.0. The van der Waals surface area contributed by atoms with Crippen LogP contribution in [0.3, 0.4) is 0 Å². The highest BCUT2D eigenvalue weighted by molar-refractivity contribution is 8.01. The number of rotatable bonds is 9. The third-order valence-electron chi connectivity index (χ3n) is 7.04. The van der Waals surface area contributed by atoms with E-state index in [9.17, 15) is 14.9 Å². The maximum absolute atomic E-state index is 13.5. The molecule has 2 N–H and O–H groups in total. The van der Waals surface area contributed by atoms with E-state index in [0.717, 1.165) is 0 Å². The standard InChI is InChI=1S/C29H26ClN5O5S2/c1-38-22-12-11-17(25(39-2)26(22)40-3)23-18(13-31)27(32)35(19-5-4-6-20(36)24(19)23)28-33-34-29(42-28)41-14-21(37)15-7-9-16(30)10-8-15/h7-12,23H,4-6,14,32H2,1-3H3. The number of nitrogens with zero attached hydrogens (tertiary/aromatic N) is 4. The molecule has 1 atom stereocenters. The number of thioether (sulfide) groups is 1. The molecular formula is C29H26ClN5O5S2. The highest BCUT2D eigenvalue weighted by atomic mass is 35.5. The average molecular weight is 624 g/mol. The number of hydrogen-bond acceptors (Lipinski definition) is 12. The van der Waals surface area contributed by atoms with Gasteiger partial charge in [0.05, 0.1) is 44.6 Å². The van der Waals surface area contributed by atoms with Gasteiger partial charge >= 0.3 is 0 Å². The van der Waals surface area contributed by atoms with Gasteiger partial charge in [-0.05, 0) is 43.2 Å². The Bertz CT molecular complexity index is 1660. The van der Waals surface area contributed by atoms with Crippen LogP contribution < -0.4 is 24.8 Å². The maximum atomic E-state index is 13.5. The van der Waals surface area contributed by atoms with Crippen molar-refractivity contribution in [1.82, 2.24) is 10.2 Å². The number of ketones is 2. The van der Waals surface area contributed by atoms with Crippen molar-refractivity contribution in [3.05, 3.63) is 75.2 Å². The number of carbonyl (C=O) groups is 2. The van der Waals surface area contributed by atoms with Crippen LogP contribution in [0.4, 0.5) is 5.13 Å². The minimum Gasteiger partial charge on any atom is -0.493 e. The number of methoxy groups -OCH3 is 3. The second-order valence-corrected chi connectivity index (χ2v) is 11.9. The topological polar surface area (TPSA) is 141 Å². The number of aromatic nitrogens is 2. The molecule has 0 spiro atoms. The van der Waals surface area contributed by atoms with E-state index in [4.69, 9.17) is 31.5 Å². The third kappa shape index (κ3) is 5.31. The lowest BCUT2D eigenvalue weighted by Gasteiger charge is -2.38. The SMILES string of the molecule is COc1ccc(C2C(C#N)=C(N)N(c3nnc(SCC(=O)c4ccc(Cl)cc4)s3)C3=C2C(=O)CCC3)c(OC)c1OC. The van der Waals surface area contributed by atoms with E-state index in [1.165, 1.54) is 44.4 Å². The van der Waals surface area contributed by atoms with Gasteiger partial charge in [0, 0.05) is 33.8 Å². The van der Waals surface area contributed by atoms with E-state index in [1.807, 2.05) is 0 Å². The monoisotopic (exact) mass is 623 g/mol. The molecule has 2 aliphatic rings. The van der Waals surface area contributed by atoms with Gasteiger partial charge in [-0.1, -0.05) is 40.8 Å². The lowest BCUT2D eigenvalue weighted by Crippen LogP contribution is -2.38. The number of allylic oxidation sites excluding steroid dienone is 3. The number of anilines is 1. The van der Waals surface area contributed by atoms with E-state index in [2.05, 4.69) is 16.3 Å². The fourth-order valence-corrected chi connectivity index (χ4v) is 7.07. The first-order chi connectivity index (χ1) is 20.3. The molecule has 2 heterocycles. The molecule has 0 saturated carbocycles. The zero-order valence-corrected chi connectivity index (χ0v) is 25.4. The van der Waals surface area contributed by atoms with Gasteiger partial charge in [0.1, 0.15) is 5.82 Å². The van der Waals surface area contributed by atoms with E-state index < -0.39 is 5.92 Å². The van der Waals surface area contributed by atoms with E-state index in [1.54, 1.807) is 41.3 Å². The molecule has 5 rings (SSSR count). The Balaban J connectivity index is 1.53. The second kappa shape index (κ2) is 12.4. The van der Waals surface area contributed by atoms with Crippen LogP contribution >= 0.6 is 34.7 Å². The Morgan fingerprint density at radius 2 is 1.86 bits per heavy atom. The predicted molar refractivity (Wildman–Crippen MR) is 160 cm³/mol. The van der Waals surface area contributed by atoms with Gasteiger partial charge in [-0.15, -0.1) is 10.2 Å². The summed E-state index contributed by atoms with van der Waals surface area (Å²) < 4.78 is 17.3. The number of benzene rings is 2. The summed E-state index contributed by atoms with van der Waals surface area (Å²) in [7, 11) is 4.50. The molecule has 1 unspecified atom stereocenters. The number of hydrogen-bond donors (Lipinski definition) is 1. The smallest absolute Gasteiger partial charge is 0.219 e. The highest BCUT2D eigenvalue weighted by Crippen LogP contribution is 2.52. The fourth-order valence-electron chi connectivity index (χ4n) is 5.17. The molecule has 2 aromatic carbocycles. The largest absolute Gasteiger partial charge is 0.493 e. The first-order valence-electron chi connectivity index (χ1n) is 12.8. The van der Waals surface area contributed by atoms with Gasteiger partial charge in [0.25, 0.3) is 0 Å². The fraction of sp³-hybridized carbons (Fsp3) is 0.276. The minimum atomic E-state index is -0.775. The summed E-state index contributed by atoms with van der Waals surface area (Å²) in [6.45, 7) is 0. The molecular weight excluding hydrogens is 598 g/mol. The molecule has 42 heavy (non-hydrogen) atoms. The van der Waals surface area contributed by atoms with Crippen molar-refractivity contribution < 1.29 is 23.8 Å². The van der Waals surface area contributed by atoms with Gasteiger partial charge in [0.2, 0.25) is 10.9 Å². The van der Waals surface area contributed by atoms with Crippen LogP contribution in [0, 0.1) is 11.3 Å². The molecule has 13 heteroatoms. The van der Waals surface area contributed by atoms with Crippen LogP contribution in [0.2, 0.25) is 5.02 Å². The predicted octanol–water partition coefficient (Wildman–Crippen LogP) is 5.50. The number of Topliss-reactive ketones (excluding diaryl/α,β-unsaturated/α-hetero) is 2. The molecule has 1 aliphatic heterocycles. The van der Waals surface area contributed by atoms with Gasteiger partial charge in [-0.3, -0.25) is 14.5 Å². The number of nitrogens with two attached hydrogens (primary N) is 1. The van der Waals surface area contributed by atoms with E-state index >= 15 is 0 Å². The third-order valence-corrected chi connectivity index (χ3v) is 9.33. The Morgan fingerprint density at radius 3 is 2.52 bits per heavy atom. The summed E-state index contributed by atoms with van der Waals surface area (Å²) in [6.07, 6.45) is 1.50. The number of ether oxygens (including phenoxy) is 3. The summed E-state index contributed by atoms with van der Waals surface area (Å²) in [6, 6.07) is 12.4. The molecule has 0 radical (unpaired) electrons. The van der Waals surface area contributed by atoms with Crippen molar-refractivity contribution in [2.75, 3.05) is 32.0 Å². The Hall–Kier alpha value is -4.05. The molecule has 0 saturated heterocycles. The summed E-state index contributed by atoms with van der Waals surface area (Å²) in [5.74, 6) is 0.506. The molecule has 1 aliphatic carbocycles. The quantitative estimate of drug-likeness (QED) is 0.239. The lowest BCUT2D eigenvalue weighted by atomic mass is 9.75. The number of nitriles is 1. The Morgan fingerprint density at radius 1 is 1.12 bits per heavy atom. The molecule has 3 aromatic rings. The van der Waals surface area contributed by atoms with Crippen LogP contribution in [-0.4, -0.2) is 48.8 Å². The number of halogens is 1. The Labute approximate surface area is 255 Å². The summed E-state index contributed by atoms with van der Waals surface area (Å²) in [5, 5.41) is 19.9. The molecule has 0 bridgehead atoms. The second-order valence-electron chi connectivity index (χ2n) is 9.31. The molecule has 216 valence electrons. The molecule has 10 nitrogen and oxygen atoms in total. The van der Waals surface area contributed by atoms with Crippen LogP contribution in [0.1, 0.15) is 41.1 Å². The van der Waals surface area contributed by atoms with Crippen molar-refractivity contribution in [2.24, 2.45) is 5.73 Å². The van der Waals surface area contributed by atoms with Crippen molar-refractivity contribution in [1.29, 1.82) is 5.26 Å². The van der Waals surface area contributed by atoms with Gasteiger partial charge in [0.15, 0.2) is 27.4 Å². The van der Waals surface area contributed by atoms with Gasteiger partial charge in [-0.25, -0.2) is 0 Å². The summed E-state index contributed by atoms with van der Waals surface area (Å²) in [5.41, 5.74) is 9.10. The summed E-state index contributed by atoms with van der Waals surface area (Å²) in [4.78, 5) is 27.8. The first-order valence-corrected chi connectivity index (χ1v) is 15.0. The first kappa shape index (κ1) is 29.4. The van der Waals surface area contributed by atoms with Crippen molar-refractivity contribution >= 4 is 51.4 Å². The van der Waals surface area contributed by atoms with Crippen LogP contribution in [0.25, 0.3) is 0 Å². The molecule has 0 amide bonds. The average Bonchev–Trinajstić information content (AvgIpc) is 3.47. The van der Waals surface area contributed by atoms with Crippen LogP contribution in [-0.2, 0) is 4.79 Å². The van der Waals surface area contributed by atoms with Gasteiger partial charge in [-0.2, -0.15) is 5.26 Å². The highest BCUT2D eigenvalue weighted by Gasteiger charge is 2.43. The van der Waals surface area contributed by atoms with E-state index in [0.29, 0.717) is 73.4 Å². The number of carbonyl (C=O) groups excluding carboxylic acids is 2. The van der Waals surface area contributed by atoms with Crippen LogP contribution in [0.5, 0.6) is 17.2 Å². The Kier molecular flexibility index (Phi) is 8.72. The lowest BCUT2D eigenvalue weighted by molar-refractivity contribution is -0.116. The minimum absolute atomic E-state index is 0.0767. The zero-order chi connectivity index (χ0) is 30.0.